The summed E-state index contributed by atoms with van der Waals surface area (Å²) in [6, 6.07) is 6.02. The Morgan fingerprint density at radius 1 is 1.32 bits per heavy atom. The number of hydrogen-bond donors (Lipinski definition) is 2. The lowest BCUT2D eigenvalue weighted by Gasteiger charge is -2.13. The summed E-state index contributed by atoms with van der Waals surface area (Å²) in [5.41, 5.74) is 7.73. The molecular weight excluding hydrogens is 276 g/mol. The molecule has 22 heavy (non-hydrogen) atoms. The quantitative estimate of drug-likeness (QED) is 0.686. The molecule has 0 aliphatic heterocycles. The molecule has 1 unspecified atom stereocenters. The van der Waals surface area contributed by atoms with Gasteiger partial charge in [-0.2, -0.15) is 0 Å². The number of carbonyl (C=O) groups is 1. The van der Waals surface area contributed by atoms with Gasteiger partial charge in [-0.15, -0.1) is 0 Å². The molecule has 4 heteroatoms. The van der Waals surface area contributed by atoms with Crippen LogP contribution in [0.2, 0.25) is 0 Å². The maximum absolute atomic E-state index is 11.8. The van der Waals surface area contributed by atoms with Crippen molar-refractivity contribution in [3.05, 3.63) is 23.8 Å². The molecule has 0 heterocycles. The third kappa shape index (κ3) is 6.83. The van der Waals surface area contributed by atoms with E-state index in [1.165, 1.54) is 0 Å². The van der Waals surface area contributed by atoms with E-state index in [4.69, 9.17) is 10.5 Å². The molecule has 0 aromatic heterocycles. The molecule has 1 aromatic rings. The van der Waals surface area contributed by atoms with E-state index in [2.05, 4.69) is 26.1 Å². The van der Waals surface area contributed by atoms with Crippen molar-refractivity contribution in [2.75, 3.05) is 12.3 Å². The molecule has 0 aliphatic rings. The third-order valence-electron chi connectivity index (χ3n) is 3.69. The van der Waals surface area contributed by atoms with Gasteiger partial charge in [0.1, 0.15) is 5.75 Å². The highest BCUT2D eigenvalue weighted by Crippen LogP contribution is 2.23. The van der Waals surface area contributed by atoms with E-state index in [0.29, 0.717) is 31.1 Å². The summed E-state index contributed by atoms with van der Waals surface area (Å²) in [6.45, 7) is 9.09. The van der Waals surface area contributed by atoms with Crippen LogP contribution >= 0.6 is 0 Å². The van der Waals surface area contributed by atoms with Gasteiger partial charge < -0.3 is 15.8 Å². The molecule has 0 spiro atoms. The van der Waals surface area contributed by atoms with Crippen LogP contribution in [-0.4, -0.2) is 18.6 Å². The number of benzene rings is 1. The van der Waals surface area contributed by atoms with Crippen LogP contribution in [-0.2, 0) is 11.2 Å². The van der Waals surface area contributed by atoms with Crippen LogP contribution in [0.25, 0.3) is 0 Å². The van der Waals surface area contributed by atoms with Crippen molar-refractivity contribution in [3.63, 3.8) is 0 Å². The highest BCUT2D eigenvalue weighted by atomic mass is 16.5. The van der Waals surface area contributed by atoms with Crippen LogP contribution in [0.1, 0.15) is 52.5 Å². The van der Waals surface area contributed by atoms with Crippen LogP contribution < -0.4 is 15.8 Å². The number of aryl methyl sites for hydroxylation is 1. The second-order valence-corrected chi connectivity index (χ2v) is 6.28. The molecule has 1 aromatic carbocycles. The Kier molecular flexibility index (Phi) is 7.78. The van der Waals surface area contributed by atoms with E-state index in [1.54, 1.807) is 0 Å². The molecule has 1 rings (SSSR count). The minimum atomic E-state index is 0.0881. The second-order valence-electron chi connectivity index (χ2n) is 6.28. The summed E-state index contributed by atoms with van der Waals surface area (Å²) in [6.07, 6.45) is 3.13. The molecule has 3 N–H and O–H groups in total. The summed E-state index contributed by atoms with van der Waals surface area (Å²) in [5, 5.41) is 2.97. The van der Waals surface area contributed by atoms with Crippen LogP contribution in [0.4, 0.5) is 5.69 Å². The number of nitrogens with one attached hydrogen (secondary N) is 1. The Hall–Kier alpha value is -1.71. The summed E-state index contributed by atoms with van der Waals surface area (Å²) in [7, 11) is 0. The normalized spacial score (nSPS) is 12.2. The highest BCUT2D eigenvalue weighted by molar-refractivity contribution is 5.76. The number of rotatable bonds is 9. The van der Waals surface area contributed by atoms with Gasteiger partial charge in [0, 0.05) is 12.5 Å². The first-order chi connectivity index (χ1) is 10.4. The van der Waals surface area contributed by atoms with Gasteiger partial charge in [-0.05, 0) is 49.8 Å². The largest absolute Gasteiger partial charge is 0.491 e. The van der Waals surface area contributed by atoms with E-state index >= 15 is 0 Å². The van der Waals surface area contributed by atoms with E-state index in [1.807, 2.05) is 25.1 Å². The topological polar surface area (TPSA) is 64.3 Å². The molecule has 0 bridgehead atoms. The fourth-order valence-corrected chi connectivity index (χ4v) is 2.00. The molecule has 0 saturated heterocycles. The lowest BCUT2D eigenvalue weighted by atomic mass is 10.1. The van der Waals surface area contributed by atoms with Gasteiger partial charge >= 0.3 is 0 Å². The summed E-state index contributed by atoms with van der Waals surface area (Å²) < 4.78 is 5.69. The molecular formula is C18H30N2O2. The fourth-order valence-electron chi connectivity index (χ4n) is 2.00. The minimum Gasteiger partial charge on any atom is -0.491 e. The number of amides is 1. The number of carbonyl (C=O) groups excluding carboxylic acids is 1. The molecule has 0 radical (unpaired) electrons. The van der Waals surface area contributed by atoms with Gasteiger partial charge in [-0.1, -0.05) is 26.8 Å². The van der Waals surface area contributed by atoms with Gasteiger partial charge in [0.25, 0.3) is 0 Å². The maximum atomic E-state index is 11.8. The average molecular weight is 306 g/mol. The van der Waals surface area contributed by atoms with Crippen molar-refractivity contribution < 1.29 is 9.53 Å². The van der Waals surface area contributed by atoms with Gasteiger partial charge in [0.15, 0.2) is 0 Å². The van der Waals surface area contributed by atoms with E-state index in [-0.39, 0.29) is 11.9 Å². The molecule has 0 aliphatic carbocycles. The molecule has 4 nitrogen and oxygen atoms in total. The Morgan fingerprint density at radius 3 is 2.64 bits per heavy atom. The standard InChI is InChI=1S/C18H30N2O2/c1-5-14(4)20-18(21)9-7-15-6-8-17(16(19)12-15)22-11-10-13(2)3/h6,8,12-14H,5,7,9-11,19H2,1-4H3,(H,20,21). The van der Waals surface area contributed by atoms with Crippen molar-refractivity contribution in [2.45, 2.75) is 59.4 Å². The number of hydrogen-bond acceptors (Lipinski definition) is 3. The summed E-state index contributed by atoms with van der Waals surface area (Å²) in [4.78, 5) is 11.8. The van der Waals surface area contributed by atoms with Crippen LogP contribution in [0.3, 0.4) is 0 Å². The number of nitrogens with two attached hydrogens (primary N) is 1. The minimum absolute atomic E-state index is 0.0881. The smallest absolute Gasteiger partial charge is 0.220 e. The zero-order chi connectivity index (χ0) is 16.5. The van der Waals surface area contributed by atoms with Gasteiger partial charge in [0.2, 0.25) is 5.91 Å². The molecule has 1 atom stereocenters. The van der Waals surface area contributed by atoms with Crippen molar-refractivity contribution in [1.29, 1.82) is 0 Å². The predicted octanol–water partition coefficient (Wildman–Crippen LogP) is 3.54. The van der Waals surface area contributed by atoms with E-state index in [9.17, 15) is 4.79 Å². The Labute approximate surface area is 134 Å². The number of nitrogen functional groups attached to an aromatic ring is 1. The molecule has 1 amide bonds. The lowest BCUT2D eigenvalue weighted by Crippen LogP contribution is -2.32. The van der Waals surface area contributed by atoms with Crippen molar-refractivity contribution in [2.24, 2.45) is 5.92 Å². The maximum Gasteiger partial charge on any atom is 0.220 e. The zero-order valence-electron chi connectivity index (χ0n) is 14.3. The highest BCUT2D eigenvalue weighted by Gasteiger charge is 2.07. The van der Waals surface area contributed by atoms with Crippen LogP contribution in [0.5, 0.6) is 5.75 Å². The second kappa shape index (κ2) is 9.34. The monoisotopic (exact) mass is 306 g/mol. The van der Waals surface area contributed by atoms with E-state index < -0.39 is 0 Å². The molecule has 124 valence electrons. The van der Waals surface area contributed by atoms with Gasteiger partial charge in [0.05, 0.1) is 12.3 Å². The number of anilines is 1. The summed E-state index contributed by atoms with van der Waals surface area (Å²) >= 11 is 0. The van der Waals surface area contributed by atoms with Crippen molar-refractivity contribution >= 4 is 11.6 Å². The van der Waals surface area contributed by atoms with Crippen LogP contribution in [0, 0.1) is 5.92 Å². The van der Waals surface area contributed by atoms with Gasteiger partial charge in [-0.25, -0.2) is 0 Å². The molecule has 0 fully saturated rings. The summed E-state index contributed by atoms with van der Waals surface area (Å²) in [5.74, 6) is 1.43. The van der Waals surface area contributed by atoms with Crippen LogP contribution in [0.15, 0.2) is 18.2 Å². The first-order valence-corrected chi connectivity index (χ1v) is 8.23. The Bertz CT molecular complexity index is 472. The SMILES string of the molecule is CCC(C)NC(=O)CCc1ccc(OCCC(C)C)c(N)c1. The third-order valence-corrected chi connectivity index (χ3v) is 3.69. The first kappa shape index (κ1) is 18.3. The molecule has 0 saturated carbocycles. The predicted molar refractivity (Wildman–Crippen MR) is 92.0 cm³/mol. The van der Waals surface area contributed by atoms with Gasteiger partial charge in [-0.3, -0.25) is 4.79 Å². The Morgan fingerprint density at radius 2 is 2.05 bits per heavy atom. The van der Waals surface area contributed by atoms with E-state index in [0.717, 1.165) is 24.2 Å². The lowest BCUT2D eigenvalue weighted by molar-refractivity contribution is -0.121. The fraction of sp³-hybridized carbons (Fsp3) is 0.611. The first-order valence-electron chi connectivity index (χ1n) is 8.23. The Balaban J connectivity index is 2.46. The van der Waals surface area contributed by atoms with Crippen molar-refractivity contribution in [3.8, 4) is 5.75 Å². The van der Waals surface area contributed by atoms with Crippen molar-refractivity contribution in [1.82, 2.24) is 5.32 Å². The average Bonchev–Trinajstić information content (AvgIpc) is 2.46. The number of ether oxygens (including phenoxy) is 1. The zero-order valence-corrected chi connectivity index (χ0v) is 14.3.